The predicted molar refractivity (Wildman–Crippen MR) is 167 cm³/mol. The molecule has 4 aromatic heterocycles. The molecule has 2 unspecified atom stereocenters. The Balaban J connectivity index is 0.000000180. The zero-order valence-electron chi connectivity index (χ0n) is 24.7. The van der Waals surface area contributed by atoms with Crippen LogP contribution in [-0.4, -0.2) is 69.9 Å². The number of anilines is 2. The zero-order valence-corrected chi connectivity index (χ0v) is 26.2. The van der Waals surface area contributed by atoms with Crippen molar-refractivity contribution in [3.8, 4) is 0 Å². The van der Waals surface area contributed by atoms with Crippen molar-refractivity contribution in [1.29, 1.82) is 0 Å². The van der Waals surface area contributed by atoms with Crippen LogP contribution in [-0.2, 0) is 4.74 Å². The molecule has 0 spiro atoms. The van der Waals surface area contributed by atoms with Crippen molar-refractivity contribution in [2.45, 2.75) is 77.0 Å². The monoisotopic (exact) mass is 632 g/mol. The molecule has 2 saturated heterocycles. The average Bonchev–Trinajstić information content (AvgIpc) is 3.47. The Morgan fingerprint density at radius 2 is 1.40 bits per heavy atom. The molecule has 4 aromatic rings. The van der Waals surface area contributed by atoms with E-state index in [1.54, 1.807) is 24.7 Å². The van der Waals surface area contributed by atoms with E-state index in [4.69, 9.17) is 42.5 Å². The number of rotatable bonds is 3. The van der Waals surface area contributed by atoms with Crippen LogP contribution in [0.15, 0.2) is 33.5 Å². The molecular formula is C29H38Cl2N8O4. The number of nitrogens with zero attached hydrogens (tertiary/aromatic N) is 6. The van der Waals surface area contributed by atoms with Gasteiger partial charge in [-0.25, -0.2) is 14.8 Å². The number of halogens is 2. The number of fused-ring (bicyclic) bond motifs is 2. The van der Waals surface area contributed by atoms with Crippen LogP contribution in [0.5, 0.6) is 0 Å². The number of nitrogens with two attached hydrogens (primary N) is 1. The second-order valence-corrected chi connectivity index (χ2v) is 12.5. The van der Waals surface area contributed by atoms with Gasteiger partial charge in [-0.05, 0) is 82.5 Å². The van der Waals surface area contributed by atoms with E-state index in [0.29, 0.717) is 22.5 Å². The summed E-state index contributed by atoms with van der Waals surface area (Å²) in [7, 11) is 0. The minimum absolute atomic E-state index is 0.0734. The molecule has 12 nitrogen and oxygen atoms in total. The van der Waals surface area contributed by atoms with Gasteiger partial charge in [-0.15, -0.1) is 0 Å². The molecule has 232 valence electrons. The third-order valence-electron chi connectivity index (χ3n) is 7.34. The molecule has 6 heterocycles. The van der Waals surface area contributed by atoms with Gasteiger partial charge in [0.2, 0.25) is 10.6 Å². The van der Waals surface area contributed by atoms with Crippen molar-refractivity contribution < 1.29 is 18.4 Å². The van der Waals surface area contributed by atoms with E-state index < -0.39 is 5.60 Å². The zero-order chi connectivity index (χ0) is 30.6. The number of carbonyl (C=O) groups is 1. The summed E-state index contributed by atoms with van der Waals surface area (Å²) in [5, 5.41) is 3.42. The van der Waals surface area contributed by atoms with Crippen molar-refractivity contribution in [3.63, 3.8) is 0 Å². The van der Waals surface area contributed by atoms with Gasteiger partial charge in [0.15, 0.2) is 22.8 Å². The smallest absolute Gasteiger partial charge is 0.407 e. The molecule has 1 amide bonds. The van der Waals surface area contributed by atoms with Crippen molar-refractivity contribution in [1.82, 2.24) is 25.3 Å². The van der Waals surface area contributed by atoms with Gasteiger partial charge in [0, 0.05) is 50.4 Å². The number of alkyl carbamates (subject to hydrolysis) is 1. The molecule has 2 aliphatic rings. The van der Waals surface area contributed by atoms with Crippen molar-refractivity contribution in [2.75, 3.05) is 36.0 Å². The van der Waals surface area contributed by atoms with E-state index in [1.165, 1.54) is 0 Å². The van der Waals surface area contributed by atoms with Gasteiger partial charge >= 0.3 is 6.09 Å². The first kappa shape index (κ1) is 31.1. The Morgan fingerprint density at radius 1 is 0.860 bits per heavy atom. The van der Waals surface area contributed by atoms with E-state index in [-0.39, 0.29) is 28.7 Å². The van der Waals surface area contributed by atoms with Crippen LogP contribution in [0.2, 0.25) is 10.6 Å². The number of ether oxygens (including phenoxy) is 1. The highest BCUT2D eigenvalue weighted by atomic mass is 35.5. The Kier molecular flexibility index (Phi) is 9.78. The van der Waals surface area contributed by atoms with Crippen LogP contribution in [0.25, 0.3) is 22.2 Å². The maximum Gasteiger partial charge on any atom is 0.407 e. The van der Waals surface area contributed by atoms with Crippen LogP contribution >= 0.6 is 23.2 Å². The molecule has 3 N–H and O–H groups in total. The van der Waals surface area contributed by atoms with Crippen LogP contribution in [0.4, 0.5) is 16.4 Å². The van der Waals surface area contributed by atoms with Crippen molar-refractivity contribution in [3.05, 3.63) is 35.2 Å². The maximum absolute atomic E-state index is 12.0. The molecule has 0 saturated carbocycles. The summed E-state index contributed by atoms with van der Waals surface area (Å²) < 4.78 is 16.3. The molecule has 2 aliphatic heterocycles. The maximum atomic E-state index is 12.0. The number of hydrogen-bond donors (Lipinski definition) is 2. The van der Waals surface area contributed by atoms with Gasteiger partial charge in [-0.1, -0.05) is 0 Å². The highest BCUT2D eigenvalue weighted by Crippen LogP contribution is 2.29. The summed E-state index contributed by atoms with van der Waals surface area (Å²) in [6.45, 7) is 8.93. The molecule has 6 rings (SSSR count). The third-order valence-corrected chi connectivity index (χ3v) is 7.68. The van der Waals surface area contributed by atoms with Gasteiger partial charge in [-0.2, -0.15) is 9.97 Å². The fraction of sp³-hybridized carbons (Fsp3) is 0.552. The third kappa shape index (κ3) is 8.18. The fourth-order valence-corrected chi connectivity index (χ4v) is 5.67. The standard InChI is InChI=1S/C17H23ClN4O3.C12H15ClN4O/c1-17(2,3)25-16(23)19-11-5-4-8-22(9-6-11)14-13-12(7-10-24-13)20-15(18)21-14;13-12-15-9-4-7-18-10(9)11(16-12)17-5-1-2-8(14)3-6-17/h7,10-11H,4-6,8-9H2,1-3H3,(H,19,23);4,7-8H,1-3,5-6,14H2. The van der Waals surface area contributed by atoms with Gasteiger partial charge in [0.1, 0.15) is 16.6 Å². The average molecular weight is 634 g/mol. The van der Waals surface area contributed by atoms with Crippen LogP contribution in [0.3, 0.4) is 0 Å². The normalized spacial score (nSPS) is 19.9. The summed E-state index contributed by atoms with van der Waals surface area (Å²) in [5.41, 5.74) is 8.28. The number of hydrogen-bond acceptors (Lipinski definition) is 11. The number of aromatic nitrogens is 4. The Morgan fingerprint density at radius 3 is 1.95 bits per heavy atom. The minimum Gasteiger partial charge on any atom is -0.459 e. The Bertz CT molecular complexity index is 1540. The van der Waals surface area contributed by atoms with E-state index >= 15 is 0 Å². The summed E-state index contributed by atoms with van der Waals surface area (Å²) in [6.07, 6.45) is 8.51. The summed E-state index contributed by atoms with van der Waals surface area (Å²) in [4.78, 5) is 33.3. The van der Waals surface area contributed by atoms with Gasteiger partial charge in [0.05, 0.1) is 12.5 Å². The quantitative estimate of drug-likeness (QED) is 0.258. The lowest BCUT2D eigenvalue weighted by Crippen LogP contribution is -2.39. The largest absolute Gasteiger partial charge is 0.459 e. The first-order valence-electron chi connectivity index (χ1n) is 14.6. The van der Waals surface area contributed by atoms with E-state index in [2.05, 4.69) is 35.1 Å². The van der Waals surface area contributed by atoms with E-state index in [9.17, 15) is 4.79 Å². The predicted octanol–water partition coefficient (Wildman–Crippen LogP) is 5.95. The molecule has 43 heavy (non-hydrogen) atoms. The van der Waals surface area contributed by atoms with Gasteiger partial charge in [-0.3, -0.25) is 0 Å². The Hall–Kier alpha value is -3.35. The number of carbonyl (C=O) groups excluding carboxylic acids is 1. The molecular weight excluding hydrogens is 595 g/mol. The summed E-state index contributed by atoms with van der Waals surface area (Å²) >= 11 is 12.0. The first-order chi connectivity index (χ1) is 20.6. The summed E-state index contributed by atoms with van der Waals surface area (Å²) in [5.74, 6) is 1.49. The number of furan rings is 2. The van der Waals surface area contributed by atoms with Crippen molar-refractivity contribution in [2.24, 2.45) is 5.73 Å². The SMILES string of the molecule is CC(C)(C)OC(=O)NC1CCCN(c2nc(Cl)nc3ccoc23)CC1.NC1CCCN(c2nc(Cl)nc3ccoc23)CC1. The van der Waals surface area contributed by atoms with Crippen LogP contribution in [0, 0.1) is 0 Å². The lowest BCUT2D eigenvalue weighted by molar-refractivity contribution is 0.0501. The highest BCUT2D eigenvalue weighted by Gasteiger charge is 2.25. The molecule has 2 atom stereocenters. The van der Waals surface area contributed by atoms with E-state index in [0.717, 1.165) is 76.0 Å². The second kappa shape index (κ2) is 13.5. The first-order valence-corrected chi connectivity index (χ1v) is 15.4. The minimum atomic E-state index is -0.497. The molecule has 2 fully saturated rings. The molecule has 14 heteroatoms. The molecule has 0 aliphatic carbocycles. The lowest BCUT2D eigenvalue weighted by atomic mass is 10.1. The highest BCUT2D eigenvalue weighted by molar-refractivity contribution is 6.29. The van der Waals surface area contributed by atoms with Gasteiger partial charge in [0.25, 0.3) is 0 Å². The molecule has 0 bridgehead atoms. The Labute approximate surface area is 260 Å². The second-order valence-electron chi connectivity index (χ2n) is 11.8. The molecule has 0 radical (unpaired) electrons. The molecule has 0 aromatic carbocycles. The lowest BCUT2D eigenvalue weighted by Gasteiger charge is -2.23. The fourth-order valence-electron chi connectivity index (χ4n) is 5.33. The topological polar surface area (TPSA) is 149 Å². The van der Waals surface area contributed by atoms with Gasteiger partial charge < -0.3 is 34.4 Å². The van der Waals surface area contributed by atoms with Crippen molar-refractivity contribution >= 4 is 63.1 Å². The number of nitrogens with one attached hydrogen (secondary N) is 1. The summed E-state index contributed by atoms with van der Waals surface area (Å²) in [6, 6.07) is 3.93. The van der Waals surface area contributed by atoms with Crippen LogP contribution in [0.1, 0.15) is 59.3 Å². The van der Waals surface area contributed by atoms with Crippen LogP contribution < -0.4 is 20.9 Å². The van der Waals surface area contributed by atoms with E-state index in [1.807, 2.05) is 20.8 Å². The number of amides is 1.